The second-order valence-electron chi connectivity index (χ2n) is 38.5. The maximum absolute atomic E-state index is 12.3. The predicted molar refractivity (Wildman–Crippen MR) is 477 cm³/mol. The zero-order chi connectivity index (χ0) is 85.7. The van der Waals surface area contributed by atoms with E-state index in [1.807, 2.05) is 72.8 Å². The summed E-state index contributed by atoms with van der Waals surface area (Å²) in [5.74, 6) is 4.90. The summed E-state index contributed by atoms with van der Waals surface area (Å²) in [7, 11) is -2.35. The fourth-order valence-electron chi connectivity index (χ4n) is 20.6. The van der Waals surface area contributed by atoms with Crippen molar-refractivity contribution in [2.24, 2.45) is 45.7 Å². The van der Waals surface area contributed by atoms with E-state index in [1.165, 1.54) is 0 Å². The van der Waals surface area contributed by atoms with Gasteiger partial charge in [0.25, 0.3) is 0 Å². The fraction of sp³-hybridized carbons (Fsp3) is 0.538. The Labute approximate surface area is 751 Å². The Hall–Kier alpha value is -7.01. The first-order valence-corrected chi connectivity index (χ1v) is 53.7. The monoisotopic (exact) mass is 1830 g/mol. The van der Waals surface area contributed by atoms with E-state index >= 15 is 0 Å². The van der Waals surface area contributed by atoms with Crippen molar-refractivity contribution in [2.45, 2.75) is 260 Å². The molecular formula is C91H104Cl6N14O11Si2. The van der Waals surface area contributed by atoms with Crippen LogP contribution in [0.5, 0.6) is 0 Å². The van der Waals surface area contributed by atoms with Crippen LogP contribution in [0.2, 0.25) is 81.5 Å². The number of aromatic nitrogens is 12. The summed E-state index contributed by atoms with van der Waals surface area (Å²) >= 11 is 39.2. The van der Waals surface area contributed by atoms with Crippen LogP contribution in [-0.4, -0.2) is 123 Å². The highest BCUT2D eigenvalue weighted by Gasteiger charge is 2.58. The Bertz CT molecular complexity index is 5700. The van der Waals surface area contributed by atoms with Crippen molar-refractivity contribution >= 4 is 114 Å². The van der Waals surface area contributed by atoms with Crippen LogP contribution in [0.4, 0.5) is 5.82 Å². The summed E-state index contributed by atoms with van der Waals surface area (Å²) in [5, 5.41) is 78.1. The molecule has 8 aromatic heterocycles. The van der Waals surface area contributed by atoms with Gasteiger partial charge < -0.3 is 52.6 Å². The Morgan fingerprint density at radius 3 is 1.20 bits per heavy atom. The number of fused-ring (bicyclic) bond motifs is 9. The van der Waals surface area contributed by atoms with Gasteiger partial charge in [0.2, 0.25) is 5.65 Å². The van der Waals surface area contributed by atoms with E-state index in [1.54, 1.807) is 28.0 Å². The van der Waals surface area contributed by atoms with Crippen molar-refractivity contribution in [1.29, 1.82) is 0 Å². The molecule has 0 radical (unpaired) electrons. The molecule has 9 heterocycles. The third kappa shape index (κ3) is 17.3. The molecule has 10 aliphatic rings. The molecule has 6 bridgehead atoms. The molecule has 654 valence electrons. The maximum Gasteiger partial charge on any atom is 0.201 e. The van der Waals surface area contributed by atoms with Gasteiger partial charge in [-0.05, 0) is 218 Å². The predicted octanol–water partition coefficient (Wildman–Crippen LogP) is 22.3. The molecule has 3 N–H and O–H groups in total. The Morgan fingerprint density at radius 2 is 0.806 bits per heavy atom. The van der Waals surface area contributed by atoms with Gasteiger partial charge in [0.05, 0.1) is 91.6 Å². The third-order valence-corrected chi connectivity index (χ3v) is 33.1. The Kier molecular flexibility index (Phi) is 24.5. The van der Waals surface area contributed by atoms with Gasteiger partial charge in [-0.3, -0.25) is 0 Å². The van der Waals surface area contributed by atoms with Gasteiger partial charge in [-0.2, -0.15) is 5.11 Å². The number of benzene rings is 3. The van der Waals surface area contributed by atoms with Crippen molar-refractivity contribution in [3.05, 3.63) is 178 Å². The van der Waals surface area contributed by atoms with Crippen molar-refractivity contribution in [3.8, 4) is 33.8 Å². The SMILES string of the molecule is C[Si](C)(C)CCOCn1nnc2cc(C3(O)[C@@H]4CC[C@H]3CC(OCc3c(-c5c(Cl)cccc5Cl)noc3C3CC3)C4)cnc21.C[Si](C)(C)CCOCn1nnc2ncc(C3(O)[C@@H]4CC[C@H]3CC(OCc3c(-c5c(Cl)cccc5Cl)noc3C3CC3)C4)cc21.OC1(c2cnc3c(c2)CN=N3)[C@@H]2CC[C@H]1CC(OCc1c(-c3c(Cl)cccc3Cl)noc1C1CC1)C2. The van der Waals surface area contributed by atoms with Gasteiger partial charge in [-0.25, -0.2) is 24.3 Å². The van der Waals surface area contributed by atoms with E-state index in [0.717, 1.165) is 189 Å². The minimum absolute atomic E-state index is 0.00736. The number of hydrogen-bond acceptors (Lipinski definition) is 23. The summed E-state index contributed by atoms with van der Waals surface area (Å²) in [4.78, 5) is 13.7. The lowest BCUT2D eigenvalue weighted by atomic mass is 9.70. The molecule has 1 aliphatic heterocycles. The van der Waals surface area contributed by atoms with Crippen LogP contribution in [0.3, 0.4) is 0 Å². The van der Waals surface area contributed by atoms with Crippen LogP contribution in [0.25, 0.3) is 56.1 Å². The van der Waals surface area contributed by atoms with Crippen LogP contribution in [-0.2, 0) is 80.3 Å². The molecule has 11 aromatic rings. The quantitative estimate of drug-likeness (QED) is 0.0303. The molecule has 33 heteroatoms. The maximum atomic E-state index is 12.3. The van der Waals surface area contributed by atoms with Gasteiger partial charge in [0.1, 0.15) is 58.9 Å². The van der Waals surface area contributed by atoms with E-state index in [0.29, 0.717) is 157 Å². The number of ether oxygens (including phenoxy) is 5. The lowest BCUT2D eigenvalue weighted by Gasteiger charge is -2.43. The van der Waals surface area contributed by atoms with Crippen LogP contribution in [0.15, 0.2) is 115 Å². The first kappa shape index (κ1) is 86.4. The van der Waals surface area contributed by atoms with Gasteiger partial charge in [0, 0.05) is 121 Å². The molecule has 12 atom stereocenters. The summed E-state index contributed by atoms with van der Waals surface area (Å²) in [6.45, 7) is 17.7. The standard InChI is InChI=1S/2C32H39Cl2N5O4Si.C27H26Cl2N4O3/c1-44(2,3)12-11-41-18-39-27-15-22(16-35-31(27)36-38-39)32(40)20-9-10-21(32)14-23(13-20)42-17-24-29(37-43-30(24)19-7-8-19)28-25(33)5-4-6-26(28)34;1-44(2,3)12-11-41-18-39-31-27(36-38-39)15-22(16-35-31)32(40)20-9-10-21(32)14-23(13-20)42-17-24-29(37-43-30(24)19-7-8-19)28-25(33)5-4-6-26(28)34;28-21-2-1-3-22(29)23(21)24-20(25(36-33-24)14-4-5-14)13-35-19-9-16-6-7-17(10-19)27(16,34)18-8-15-11-31-32-26(15)30-12-18/h2*4-6,15-16,19-21,23,40H,7-14,17-18H2,1-3H3;1-3,8,12,14,16-17,19,34H,4-7,9-11,13H2/t2*20-,21+,23?,32?;16-,17+,19?,27?. The number of nitrogens with zero attached hydrogens (tertiary/aromatic N) is 14. The zero-order valence-corrected chi connectivity index (χ0v) is 77.1. The number of aliphatic hydroxyl groups is 3. The minimum Gasteiger partial charge on any atom is -0.385 e. The van der Waals surface area contributed by atoms with Crippen LogP contribution in [0.1, 0.15) is 190 Å². The van der Waals surface area contributed by atoms with Gasteiger partial charge in [0.15, 0.2) is 11.5 Å². The topological polar surface area (TPSA) is 310 Å². The third-order valence-electron chi connectivity index (χ3n) is 27.8. The van der Waals surface area contributed by atoms with Crippen LogP contribution in [0, 0.1) is 35.5 Å². The van der Waals surface area contributed by atoms with E-state index < -0.39 is 33.0 Å². The van der Waals surface area contributed by atoms with E-state index in [-0.39, 0.29) is 53.8 Å². The van der Waals surface area contributed by atoms with E-state index in [2.05, 4.69) is 95.6 Å². The van der Waals surface area contributed by atoms with Gasteiger partial charge in [-0.15, -0.1) is 15.3 Å². The van der Waals surface area contributed by atoms with Crippen molar-refractivity contribution in [3.63, 3.8) is 0 Å². The van der Waals surface area contributed by atoms with Crippen LogP contribution >= 0.6 is 69.6 Å². The molecule has 9 fully saturated rings. The number of azo groups is 1. The molecule has 9 aliphatic carbocycles. The highest BCUT2D eigenvalue weighted by molar-refractivity contribution is 6.76. The molecular weight excluding hydrogens is 1730 g/mol. The fourth-order valence-corrected chi connectivity index (χ4v) is 23.8. The lowest BCUT2D eigenvalue weighted by molar-refractivity contribution is -0.116. The molecule has 9 saturated carbocycles. The molecule has 124 heavy (non-hydrogen) atoms. The number of hydrogen-bond donors (Lipinski definition) is 3. The highest BCUT2D eigenvalue weighted by Crippen LogP contribution is 2.61. The molecule has 25 nitrogen and oxygen atoms in total. The molecule has 3 aromatic carbocycles. The molecule has 0 spiro atoms. The molecule has 0 amide bonds. The number of rotatable bonds is 28. The van der Waals surface area contributed by atoms with E-state index in [4.69, 9.17) is 112 Å². The number of halogens is 6. The summed E-state index contributed by atoms with van der Waals surface area (Å²) in [6.07, 6.45) is 22.3. The first-order chi connectivity index (χ1) is 59.7. The summed E-state index contributed by atoms with van der Waals surface area (Å²) in [5.41, 5.74) is 10.2. The first-order valence-electron chi connectivity index (χ1n) is 44.0. The molecule has 21 rings (SSSR count). The molecule has 6 unspecified atom stereocenters. The Morgan fingerprint density at radius 1 is 0.444 bits per heavy atom. The largest absolute Gasteiger partial charge is 0.385 e. The normalized spacial score (nSPS) is 26.2. The molecule has 0 saturated heterocycles. The summed E-state index contributed by atoms with van der Waals surface area (Å²) in [6, 6.07) is 24.6. The minimum atomic E-state index is -1.18. The van der Waals surface area contributed by atoms with E-state index in [9.17, 15) is 15.3 Å². The van der Waals surface area contributed by atoms with Crippen LogP contribution < -0.4 is 0 Å². The average Bonchev–Trinajstić information content (AvgIpc) is 1.57. The number of pyridine rings is 3. The van der Waals surface area contributed by atoms with Gasteiger partial charge >= 0.3 is 0 Å². The second-order valence-corrected chi connectivity index (χ2v) is 52.1. The second kappa shape index (κ2) is 35.1. The van der Waals surface area contributed by atoms with Gasteiger partial charge in [-0.1, -0.05) is 153 Å². The van der Waals surface area contributed by atoms with Crippen molar-refractivity contribution in [1.82, 2.24) is 60.4 Å². The average molecular weight is 1840 g/mol. The van der Waals surface area contributed by atoms with Crippen molar-refractivity contribution < 1.29 is 52.6 Å². The lowest BCUT2D eigenvalue weighted by Crippen LogP contribution is -2.44. The Balaban J connectivity index is 0.000000123. The highest BCUT2D eigenvalue weighted by atomic mass is 35.5. The zero-order valence-electron chi connectivity index (χ0n) is 70.5. The van der Waals surface area contributed by atoms with Crippen molar-refractivity contribution in [2.75, 3.05) is 13.2 Å². The summed E-state index contributed by atoms with van der Waals surface area (Å²) < 4.78 is 52.4. The smallest absolute Gasteiger partial charge is 0.201 e.